The van der Waals surface area contributed by atoms with Gasteiger partial charge < -0.3 is 9.42 Å². The van der Waals surface area contributed by atoms with Crippen molar-refractivity contribution in [1.29, 1.82) is 0 Å². The van der Waals surface area contributed by atoms with E-state index in [9.17, 15) is 0 Å². The third-order valence-electron chi connectivity index (χ3n) is 4.70. The van der Waals surface area contributed by atoms with E-state index >= 15 is 0 Å². The second kappa shape index (κ2) is 7.10. The molecule has 3 nitrogen and oxygen atoms in total. The Balaban J connectivity index is 1.88. The molecule has 0 aliphatic heterocycles. The zero-order valence-corrected chi connectivity index (χ0v) is 13.7. The van der Waals surface area contributed by atoms with Gasteiger partial charge in [-0.3, -0.25) is 0 Å². The van der Waals surface area contributed by atoms with Gasteiger partial charge in [0.2, 0.25) is 0 Å². The van der Waals surface area contributed by atoms with E-state index < -0.39 is 0 Å². The first-order valence-corrected chi connectivity index (χ1v) is 8.59. The number of hydrogen-bond acceptors (Lipinski definition) is 3. The maximum Gasteiger partial charge on any atom is 0.167 e. The number of hydrogen-bond donors (Lipinski definition) is 0. The zero-order chi connectivity index (χ0) is 15.4. The molecule has 0 amide bonds. The van der Waals surface area contributed by atoms with E-state index in [0.717, 1.165) is 12.2 Å². The molecule has 1 atom stereocenters. The monoisotopic (exact) mass is 298 g/mol. The van der Waals surface area contributed by atoms with Gasteiger partial charge in [0.25, 0.3) is 0 Å². The van der Waals surface area contributed by atoms with Crippen LogP contribution in [0.25, 0.3) is 11.3 Å². The quantitative estimate of drug-likeness (QED) is 0.795. The SMILES string of the molecule is CCCN(CCC)[C@@H]1CCc2cccc(-c3ccno3)c2C1. The van der Waals surface area contributed by atoms with E-state index in [1.54, 1.807) is 6.20 Å². The molecule has 0 unspecified atom stereocenters. The maximum atomic E-state index is 5.41. The Morgan fingerprint density at radius 2 is 2.00 bits per heavy atom. The van der Waals surface area contributed by atoms with Crippen LogP contribution < -0.4 is 0 Å². The number of nitrogens with zero attached hydrogens (tertiary/aromatic N) is 2. The molecular weight excluding hydrogens is 272 g/mol. The molecule has 0 radical (unpaired) electrons. The second-order valence-electron chi connectivity index (χ2n) is 6.25. The smallest absolute Gasteiger partial charge is 0.167 e. The molecule has 0 saturated heterocycles. The highest BCUT2D eigenvalue weighted by Crippen LogP contribution is 2.33. The third kappa shape index (κ3) is 3.09. The molecule has 118 valence electrons. The normalized spacial score (nSPS) is 17.7. The van der Waals surface area contributed by atoms with Crippen LogP contribution in [-0.2, 0) is 12.8 Å². The lowest BCUT2D eigenvalue weighted by atomic mass is 9.84. The summed E-state index contributed by atoms with van der Waals surface area (Å²) >= 11 is 0. The van der Waals surface area contributed by atoms with Gasteiger partial charge in [0.05, 0.1) is 6.20 Å². The fourth-order valence-corrected chi connectivity index (χ4v) is 3.72. The predicted octanol–water partition coefficient (Wildman–Crippen LogP) is 4.32. The lowest BCUT2D eigenvalue weighted by molar-refractivity contribution is 0.180. The summed E-state index contributed by atoms with van der Waals surface area (Å²) in [6.07, 6.45) is 7.76. The molecular formula is C19H26N2O. The highest BCUT2D eigenvalue weighted by Gasteiger charge is 2.26. The van der Waals surface area contributed by atoms with Gasteiger partial charge in [-0.05, 0) is 56.3 Å². The number of benzene rings is 1. The fourth-order valence-electron chi connectivity index (χ4n) is 3.72. The average Bonchev–Trinajstić information content (AvgIpc) is 3.08. The largest absolute Gasteiger partial charge is 0.356 e. The van der Waals surface area contributed by atoms with Crippen molar-refractivity contribution in [3.8, 4) is 11.3 Å². The topological polar surface area (TPSA) is 29.3 Å². The third-order valence-corrected chi connectivity index (χ3v) is 4.70. The van der Waals surface area contributed by atoms with Gasteiger partial charge in [-0.1, -0.05) is 37.2 Å². The lowest BCUT2D eigenvalue weighted by Crippen LogP contribution is -2.40. The molecule has 22 heavy (non-hydrogen) atoms. The van der Waals surface area contributed by atoms with E-state index in [1.165, 1.54) is 55.5 Å². The molecule has 3 rings (SSSR count). The Labute approximate surface area is 133 Å². The van der Waals surface area contributed by atoms with Gasteiger partial charge in [0.1, 0.15) is 0 Å². The molecule has 0 fully saturated rings. The first-order valence-electron chi connectivity index (χ1n) is 8.59. The summed E-state index contributed by atoms with van der Waals surface area (Å²) in [5, 5.41) is 3.88. The summed E-state index contributed by atoms with van der Waals surface area (Å²) < 4.78 is 5.41. The second-order valence-corrected chi connectivity index (χ2v) is 6.25. The van der Waals surface area contributed by atoms with Gasteiger partial charge in [0.15, 0.2) is 5.76 Å². The molecule has 3 heteroatoms. The first kappa shape index (κ1) is 15.3. The Morgan fingerprint density at radius 3 is 2.68 bits per heavy atom. The van der Waals surface area contributed by atoms with Crippen LogP contribution in [0.5, 0.6) is 0 Å². The Bertz CT molecular complexity index is 585. The Kier molecular flexibility index (Phi) is 4.94. The van der Waals surface area contributed by atoms with E-state index in [1.807, 2.05) is 6.07 Å². The van der Waals surface area contributed by atoms with Crippen molar-refractivity contribution in [1.82, 2.24) is 10.1 Å². The van der Waals surface area contributed by atoms with Crippen LogP contribution in [0.3, 0.4) is 0 Å². The minimum absolute atomic E-state index is 0.663. The highest BCUT2D eigenvalue weighted by atomic mass is 16.5. The van der Waals surface area contributed by atoms with Crippen LogP contribution in [0.15, 0.2) is 35.0 Å². The van der Waals surface area contributed by atoms with Crippen LogP contribution in [0, 0.1) is 0 Å². The number of fused-ring (bicyclic) bond motifs is 1. The van der Waals surface area contributed by atoms with Crippen LogP contribution in [-0.4, -0.2) is 29.2 Å². The van der Waals surface area contributed by atoms with Gasteiger partial charge in [-0.2, -0.15) is 0 Å². The standard InChI is InChI=1S/C19H26N2O/c1-3-12-21(13-4-2)16-9-8-15-6-5-7-17(18(15)14-16)19-10-11-20-22-19/h5-7,10-11,16H,3-4,8-9,12-14H2,1-2H3/t16-/m1/s1. The van der Waals surface area contributed by atoms with E-state index in [2.05, 4.69) is 42.1 Å². The van der Waals surface area contributed by atoms with Crippen LogP contribution in [0.4, 0.5) is 0 Å². The summed E-state index contributed by atoms with van der Waals surface area (Å²) in [5.41, 5.74) is 4.18. The molecule has 0 spiro atoms. The molecule has 0 N–H and O–H groups in total. The van der Waals surface area contributed by atoms with Gasteiger partial charge in [-0.25, -0.2) is 0 Å². The molecule has 0 saturated carbocycles. The van der Waals surface area contributed by atoms with Crippen molar-refractivity contribution in [3.05, 3.63) is 41.6 Å². The summed E-state index contributed by atoms with van der Waals surface area (Å²) in [5.74, 6) is 0.898. The Morgan fingerprint density at radius 1 is 1.18 bits per heavy atom. The summed E-state index contributed by atoms with van der Waals surface area (Å²) in [6.45, 7) is 6.97. The highest BCUT2D eigenvalue weighted by molar-refractivity contribution is 5.64. The van der Waals surface area contributed by atoms with Crippen molar-refractivity contribution in [2.24, 2.45) is 0 Å². The fraction of sp³-hybridized carbons (Fsp3) is 0.526. The Hall–Kier alpha value is -1.61. The van der Waals surface area contributed by atoms with E-state index in [-0.39, 0.29) is 0 Å². The molecule has 2 aromatic rings. The van der Waals surface area contributed by atoms with Crippen molar-refractivity contribution in [3.63, 3.8) is 0 Å². The lowest BCUT2D eigenvalue weighted by Gasteiger charge is -2.35. The van der Waals surface area contributed by atoms with Crippen molar-refractivity contribution < 1.29 is 4.52 Å². The van der Waals surface area contributed by atoms with Crippen LogP contribution in [0.1, 0.15) is 44.2 Å². The minimum atomic E-state index is 0.663. The molecule has 1 aromatic carbocycles. The van der Waals surface area contributed by atoms with E-state index in [4.69, 9.17) is 4.52 Å². The summed E-state index contributed by atoms with van der Waals surface area (Å²) in [6, 6.07) is 9.22. The van der Waals surface area contributed by atoms with Crippen molar-refractivity contribution in [2.75, 3.05) is 13.1 Å². The van der Waals surface area contributed by atoms with Crippen molar-refractivity contribution >= 4 is 0 Å². The zero-order valence-electron chi connectivity index (χ0n) is 13.7. The maximum absolute atomic E-state index is 5.41. The summed E-state index contributed by atoms with van der Waals surface area (Å²) in [4.78, 5) is 2.68. The number of rotatable bonds is 6. The summed E-state index contributed by atoms with van der Waals surface area (Å²) in [7, 11) is 0. The number of aryl methyl sites for hydroxylation is 1. The minimum Gasteiger partial charge on any atom is -0.356 e. The van der Waals surface area contributed by atoms with Gasteiger partial charge >= 0.3 is 0 Å². The van der Waals surface area contributed by atoms with Crippen LogP contribution in [0.2, 0.25) is 0 Å². The molecule has 1 aromatic heterocycles. The van der Waals surface area contributed by atoms with Crippen LogP contribution >= 0.6 is 0 Å². The molecule has 1 aliphatic rings. The van der Waals surface area contributed by atoms with E-state index in [0.29, 0.717) is 6.04 Å². The first-order chi connectivity index (χ1) is 10.8. The molecule has 1 heterocycles. The van der Waals surface area contributed by atoms with Gasteiger partial charge in [-0.15, -0.1) is 0 Å². The number of aromatic nitrogens is 1. The average molecular weight is 298 g/mol. The van der Waals surface area contributed by atoms with Gasteiger partial charge in [0, 0.05) is 17.7 Å². The molecule has 0 bridgehead atoms. The molecule has 1 aliphatic carbocycles. The predicted molar refractivity (Wildman–Crippen MR) is 89.9 cm³/mol. The van der Waals surface area contributed by atoms with Crippen molar-refractivity contribution in [2.45, 2.75) is 52.0 Å².